The van der Waals surface area contributed by atoms with Gasteiger partial charge in [0.1, 0.15) is 5.82 Å². The molecule has 0 unspecified atom stereocenters. The smallest absolute Gasteiger partial charge is 0.198 e. The van der Waals surface area contributed by atoms with Crippen LogP contribution in [0.2, 0.25) is 0 Å². The Balaban J connectivity index is 2.57. The van der Waals surface area contributed by atoms with Crippen molar-refractivity contribution < 1.29 is 9.18 Å². The summed E-state index contributed by atoms with van der Waals surface area (Å²) < 4.78 is 13.6. The summed E-state index contributed by atoms with van der Waals surface area (Å²) in [6, 6.07) is 9.51. The van der Waals surface area contributed by atoms with Crippen molar-refractivity contribution in [3.05, 3.63) is 64.5 Å². The lowest BCUT2D eigenvalue weighted by Crippen LogP contribution is -2.09. The van der Waals surface area contributed by atoms with E-state index in [1.54, 1.807) is 18.2 Å². The number of anilines is 1. The molecule has 0 bridgehead atoms. The van der Waals surface area contributed by atoms with Gasteiger partial charge < -0.3 is 5.73 Å². The van der Waals surface area contributed by atoms with Crippen molar-refractivity contribution >= 4 is 11.5 Å². The molecule has 0 aliphatic heterocycles. The normalized spacial score (nSPS) is 10.4. The molecule has 0 fully saturated rings. The zero-order valence-corrected chi connectivity index (χ0v) is 10.3. The lowest BCUT2D eigenvalue weighted by atomic mass is 9.97. The minimum absolute atomic E-state index is 0.0502. The molecule has 0 aliphatic rings. The van der Waals surface area contributed by atoms with Crippen molar-refractivity contribution in [1.82, 2.24) is 0 Å². The highest BCUT2D eigenvalue weighted by atomic mass is 19.1. The third kappa shape index (κ3) is 2.12. The van der Waals surface area contributed by atoms with E-state index in [1.807, 2.05) is 19.9 Å². The number of hydrogen-bond acceptors (Lipinski definition) is 2. The fourth-order valence-electron chi connectivity index (χ4n) is 1.96. The first-order valence-electron chi connectivity index (χ1n) is 5.66. The van der Waals surface area contributed by atoms with Gasteiger partial charge in [0, 0.05) is 11.3 Å². The number of aryl methyl sites for hydroxylation is 2. The predicted molar refractivity (Wildman–Crippen MR) is 70.2 cm³/mol. The van der Waals surface area contributed by atoms with E-state index in [-0.39, 0.29) is 11.3 Å². The summed E-state index contributed by atoms with van der Waals surface area (Å²) >= 11 is 0. The second-order valence-corrected chi connectivity index (χ2v) is 4.35. The zero-order chi connectivity index (χ0) is 13.3. The number of rotatable bonds is 2. The summed E-state index contributed by atoms with van der Waals surface area (Å²) in [6.07, 6.45) is 0. The standard InChI is InChI=1S/C15H14FNO/c1-9-7-10(2)14(17)12(8-9)15(18)11-5-3-4-6-13(11)16/h3-8H,17H2,1-2H3. The number of carbonyl (C=O) groups is 1. The molecule has 92 valence electrons. The zero-order valence-electron chi connectivity index (χ0n) is 10.3. The summed E-state index contributed by atoms with van der Waals surface area (Å²) in [5.74, 6) is -0.904. The molecule has 0 amide bonds. The number of halogens is 1. The maximum Gasteiger partial charge on any atom is 0.198 e. The highest BCUT2D eigenvalue weighted by Crippen LogP contribution is 2.23. The molecule has 3 heteroatoms. The van der Waals surface area contributed by atoms with E-state index in [2.05, 4.69) is 0 Å². The van der Waals surface area contributed by atoms with E-state index >= 15 is 0 Å². The highest BCUT2D eigenvalue weighted by molar-refractivity contribution is 6.12. The van der Waals surface area contributed by atoms with Crippen molar-refractivity contribution in [3.8, 4) is 0 Å². The number of nitrogens with two attached hydrogens (primary N) is 1. The Morgan fingerprint density at radius 2 is 1.78 bits per heavy atom. The van der Waals surface area contributed by atoms with Gasteiger partial charge >= 0.3 is 0 Å². The van der Waals surface area contributed by atoms with Crippen LogP contribution in [0.25, 0.3) is 0 Å². The molecular weight excluding hydrogens is 229 g/mol. The Labute approximate surface area is 105 Å². The van der Waals surface area contributed by atoms with Gasteiger partial charge in [0.25, 0.3) is 0 Å². The molecule has 2 aromatic rings. The highest BCUT2D eigenvalue weighted by Gasteiger charge is 2.17. The molecule has 2 aromatic carbocycles. The van der Waals surface area contributed by atoms with Crippen molar-refractivity contribution in [1.29, 1.82) is 0 Å². The largest absolute Gasteiger partial charge is 0.398 e. The van der Waals surface area contributed by atoms with Crippen LogP contribution in [0.15, 0.2) is 36.4 Å². The van der Waals surface area contributed by atoms with Gasteiger partial charge in [-0.1, -0.05) is 18.2 Å². The summed E-state index contributed by atoms with van der Waals surface area (Å²) in [5, 5.41) is 0. The maximum atomic E-state index is 13.6. The second-order valence-electron chi connectivity index (χ2n) is 4.35. The lowest BCUT2D eigenvalue weighted by Gasteiger charge is -2.09. The van der Waals surface area contributed by atoms with Crippen LogP contribution in [0, 0.1) is 19.7 Å². The molecule has 0 atom stereocenters. The van der Waals surface area contributed by atoms with E-state index in [0.717, 1.165) is 11.1 Å². The number of carbonyl (C=O) groups excluding carboxylic acids is 1. The second kappa shape index (κ2) is 4.61. The third-order valence-electron chi connectivity index (χ3n) is 2.89. The monoisotopic (exact) mass is 243 g/mol. The predicted octanol–water partition coefficient (Wildman–Crippen LogP) is 3.26. The molecule has 2 N–H and O–H groups in total. The summed E-state index contributed by atoms with van der Waals surface area (Å²) in [6.45, 7) is 3.71. The molecule has 0 aliphatic carbocycles. The fraction of sp³-hybridized carbons (Fsp3) is 0.133. The van der Waals surface area contributed by atoms with Gasteiger partial charge in [-0.3, -0.25) is 4.79 Å². The van der Waals surface area contributed by atoms with Crippen LogP contribution in [0.3, 0.4) is 0 Å². The molecule has 0 saturated carbocycles. The molecule has 2 nitrogen and oxygen atoms in total. The number of ketones is 1. The van der Waals surface area contributed by atoms with Crippen LogP contribution >= 0.6 is 0 Å². The number of nitrogen functional groups attached to an aromatic ring is 1. The van der Waals surface area contributed by atoms with E-state index in [1.165, 1.54) is 12.1 Å². The topological polar surface area (TPSA) is 43.1 Å². The SMILES string of the molecule is Cc1cc(C)c(N)c(C(=O)c2ccccc2F)c1. The average Bonchev–Trinajstić information content (AvgIpc) is 2.33. The van der Waals surface area contributed by atoms with Gasteiger partial charge in [0.15, 0.2) is 5.78 Å². The van der Waals surface area contributed by atoms with Gasteiger partial charge in [-0.15, -0.1) is 0 Å². The van der Waals surface area contributed by atoms with Gasteiger partial charge in [-0.2, -0.15) is 0 Å². The first kappa shape index (κ1) is 12.3. The van der Waals surface area contributed by atoms with Crippen molar-refractivity contribution in [3.63, 3.8) is 0 Å². The van der Waals surface area contributed by atoms with Crippen LogP contribution in [0.1, 0.15) is 27.0 Å². The summed E-state index contributed by atoms with van der Waals surface area (Å²) in [4.78, 5) is 12.3. The van der Waals surface area contributed by atoms with Crippen LogP contribution in [0.4, 0.5) is 10.1 Å². The van der Waals surface area contributed by atoms with Crippen molar-refractivity contribution in [2.45, 2.75) is 13.8 Å². The molecule has 0 spiro atoms. The third-order valence-corrected chi connectivity index (χ3v) is 2.89. The average molecular weight is 243 g/mol. The first-order valence-corrected chi connectivity index (χ1v) is 5.66. The quantitative estimate of drug-likeness (QED) is 0.650. The van der Waals surface area contributed by atoms with E-state index in [0.29, 0.717) is 11.3 Å². The van der Waals surface area contributed by atoms with Gasteiger partial charge in [-0.25, -0.2) is 4.39 Å². The Morgan fingerprint density at radius 1 is 1.11 bits per heavy atom. The van der Waals surface area contributed by atoms with E-state index in [4.69, 9.17) is 5.73 Å². The van der Waals surface area contributed by atoms with Gasteiger partial charge in [-0.05, 0) is 43.2 Å². The molecule has 0 heterocycles. The van der Waals surface area contributed by atoms with Crippen LogP contribution in [0.5, 0.6) is 0 Å². The van der Waals surface area contributed by atoms with Gasteiger partial charge in [0.05, 0.1) is 5.56 Å². The summed E-state index contributed by atoms with van der Waals surface area (Å²) in [7, 11) is 0. The molecule has 2 rings (SSSR count). The van der Waals surface area contributed by atoms with Gasteiger partial charge in [0.2, 0.25) is 0 Å². The molecule has 0 saturated heterocycles. The Kier molecular flexibility index (Phi) is 3.15. The Morgan fingerprint density at radius 3 is 2.44 bits per heavy atom. The lowest BCUT2D eigenvalue weighted by molar-refractivity contribution is 0.103. The Hall–Kier alpha value is -2.16. The number of hydrogen-bond donors (Lipinski definition) is 1. The number of benzene rings is 2. The van der Waals surface area contributed by atoms with Crippen molar-refractivity contribution in [2.24, 2.45) is 0 Å². The molecule has 0 radical (unpaired) electrons. The first-order chi connectivity index (χ1) is 8.50. The van der Waals surface area contributed by atoms with Crippen LogP contribution in [-0.4, -0.2) is 5.78 Å². The fourth-order valence-corrected chi connectivity index (χ4v) is 1.96. The van der Waals surface area contributed by atoms with Crippen LogP contribution in [-0.2, 0) is 0 Å². The minimum Gasteiger partial charge on any atom is -0.398 e. The minimum atomic E-state index is -0.527. The molecular formula is C15H14FNO. The molecule has 0 aromatic heterocycles. The van der Waals surface area contributed by atoms with Crippen molar-refractivity contribution in [2.75, 3.05) is 5.73 Å². The molecule has 18 heavy (non-hydrogen) atoms. The Bertz CT molecular complexity index is 620. The van der Waals surface area contributed by atoms with E-state index < -0.39 is 5.82 Å². The van der Waals surface area contributed by atoms with E-state index in [9.17, 15) is 9.18 Å². The van der Waals surface area contributed by atoms with Crippen LogP contribution < -0.4 is 5.73 Å². The summed E-state index contributed by atoms with van der Waals surface area (Å²) in [5.41, 5.74) is 8.48. The maximum absolute atomic E-state index is 13.6.